The largest absolute Gasteiger partial charge is 0.595 e. The minimum absolute atomic E-state index is 0.0362. The number of anilines is 1. The Kier molecular flexibility index (Phi) is 5.74. The predicted molar refractivity (Wildman–Crippen MR) is 94.7 cm³/mol. The summed E-state index contributed by atoms with van der Waals surface area (Å²) in [5.74, 6) is -0.280. The summed E-state index contributed by atoms with van der Waals surface area (Å²) in [7, 11) is 0. The molecule has 0 saturated heterocycles. The number of aromatic nitrogens is 4. The maximum absolute atomic E-state index is 12.3. The number of benzene rings is 1. The van der Waals surface area contributed by atoms with Gasteiger partial charge >= 0.3 is 0 Å². The minimum atomic E-state index is -1.31. The van der Waals surface area contributed by atoms with Crippen molar-refractivity contribution in [1.29, 1.82) is 0 Å². The predicted octanol–water partition coefficient (Wildman–Crippen LogP) is -1.96. The Balaban J connectivity index is 1.62. The van der Waals surface area contributed by atoms with Crippen molar-refractivity contribution >= 4 is 34.3 Å². The Morgan fingerprint density at radius 1 is 1.14 bits per heavy atom. The van der Waals surface area contributed by atoms with Crippen LogP contribution in [0, 0.1) is 10.4 Å². The molecule has 2 atom stereocenters. The SMILES string of the molecule is Nc1ncnc2c1ncn2CCCNC(=O)c1cc([NH+]([O-])O)cc([NH+]([O-])O)c1. The van der Waals surface area contributed by atoms with Gasteiger partial charge in [-0.3, -0.25) is 4.79 Å². The first-order valence-electron chi connectivity index (χ1n) is 8.18. The molecule has 0 spiro atoms. The summed E-state index contributed by atoms with van der Waals surface area (Å²) in [4.78, 5) is 24.4. The monoisotopic (exact) mass is 390 g/mol. The van der Waals surface area contributed by atoms with Crippen LogP contribution in [-0.2, 0) is 6.54 Å². The molecule has 148 valence electrons. The standard InChI is InChI=1S/C15H18N8O5/c16-13-12-14(19-7-18-13)21(8-20-12)3-1-2-17-15(24)9-4-10(22(25)26)6-11(5-9)23(27)28/h4-8,22-23,25,27H,1-3H2,(H,17,24)(H2,16,18,19). The number of nitrogens with one attached hydrogen (secondary N) is 3. The number of quaternary nitrogens is 2. The molecule has 3 aromatic rings. The van der Waals surface area contributed by atoms with E-state index < -0.39 is 16.4 Å². The van der Waals surface area contributed by atoms with Gasteiger partial charge in [0, 0.05) is 25.2 Å². The molecule has 13 heteroatoms. The van der Waals surface area contributed by atoms with Gasteiger partial charge in [-0.05, 0) is 6.42 Å². The van der Waals surface area contributed by atoms with E-state index in [2.05, 4.69) is 20.3 Å². The molecule has 0 bridgehead atoms. The van der Waals surface area contributed by atoms with Crippen molar-refractivity contribution in [2.75, 3.05) is 12.3 Å². The van der Waals surface area contributed by atoms with Crippen LogP contribution in [0.3, 0.4) is 0 Å². The number of imidazole rings is 1. The molecule has 1 aromatic carbocycles. The van der Waals surface area contributed by atoms with Crippen molar-refractivity contribution < 1.29 is 25.7 Å². The highest BCUT2D eigenvalue weighted by atomic mass is 16.8. The lowest BCUT2D eigenvalue weighted by molar-refractivity contribution is -0.996. The van der Waals surface area contributed by atoms with E-state index in [0.717, 1.165) is 18.2 Å². The van der Waals surface area contributed by atoms with Gasteiger partial charge in [0.15, 0.2) is 22.8 Å². The Labute approximate surface area is 157 Å². The second-order valence-electron chi connectivity index (χ2n) is 5.89. The summed E-state index contributed by atoms with van der Waals surface area (Å²) < 4.78 is 1.77. The first kappa shape index (κ1) is 19.6. The molecule has 2 heterocycles. The number of nitrogens with zero attached hydrogens (tertiary/aromatic N) is 4. The van der Waals surface area contributed by atoms with Crippen molar-refractivity contribution in [2.45, 2.75) is 13.0 Å². The number of fused-ring (bicyclic) bond motifs is 1. The molecule has 28 heavy (non-hydrogen) atoms. The van der Waals surface area contributed by atoms with E-state index in [1.165, 1.54) is 6.33 Å². The van der Waals surface area contributed by atoms with Gasteiger partial charge in [0.2, 0.25) is 0 Å². The zero-order valence-electron chi connectivity index (χ0n) is 14.5. The van der Waals surface area contributed by atoms with Crippen molar-refractivity contribution in [3.8, 4) is 0 Å². The van der Waals surface area contributed by atoms with E-state index in [0.29, 0.717) is 24.1 Å². The Hall–Kier alpha value is -3.20. The number of hydrogen-bond acceptors (Lipinski definition) is 9. The van der Waals surface area contributed by atoms with Crippen LogP contribution in [0.2, 0.25) is 0 Å². The highest BCUT2D eigenvalue weighted by molar-refractivity contribution is 5.95. The maximum atomic E-state index is 12.3. The van der Waals surface area contributed by atoms with Crippen LogP contribution in [0.15, 0.2) is 30.9 Å². The lowest BCUT2D eigenvalue weighted by Crippen LogP contribution is -3.00. The summed E-state index contributed by atoms with van der Waals surface area (Å²) in [6.07, 6.45) is 3.45. The summed E-state index contributed by atoms with van der Waals surface area (Å²) in [5, 5.41) is 40.4. The third kappa shape index (κ3) is 4.20. The van der Waals surface area contributed by atoms with Crippen LogP contribution >= 0.6 is 0 Å². The van der Waals surface area contributed by atoms with Crippen LogP contribution < -0.4 is 21.5 Å². The molecular formula is C15H18N8O5. The zero-order chi connectivity index (χ0) is 20.3. The topological polar surface area (TPSA) is 194 Å². The summed E-state index contributed by atoms with van der Waals surface area (Å²) in [6.45, 7) is 0.779. The molecule has 1 amide bonds. The molecule has 0 fully saturated rings. The third-order valence-corrected chi connectivity index (χ3v) is 3.98. The van der Waals surface area contributed by atoms with E-state index in [1.54, 1.807) is 10.9 Å². The molecule has 2 unspecified atom stereocenters. The smallest absolute Gasteiger partial charge is 0.251 e. The van der Waals surface area contributed by atoms with Crippen LogP contribution in [0.4, 0.5) is 17.2 Å². The van der Waals surface area contributed by atoms with Gasteiger partial charge in [0.25, 0.3) is 5.91 Å². The molecule has 0 aliphatic heterocycles. The van der Waals surface area contributed by atoms with Crippen LogP contribution in [0.1, 0.15) is 16.8 Å². The van der Waals surface area contributed by atoms with E-state index in [4.69, 9.17) is 16.1 Å². The van der Waals surface area contributed by atoms with Crippen molar-refractivity contribution in [3.05, 3.63) is 46.8 Å². The van der Waals surface area contributed by atoms with Crippen molar-refractivity contribution in [3.63, 3.8) is 0 Å². The third-order valence-electron chi connectivity index (χ3n) is 3.98. The maximum Gasteiger partial charge on any atom is 0.251 e. The minimum Gasteiger partial charge on any atom is -0.595 e. The van der Waals surface area contributed by atoms with E-state index in [-0.39, 0.29) is 29.3 Å². The highest BCUT2D eigenvalue weighted by Gasteiger charge is 2.15. The number of nitrogens with two attached hydrogens (primary N) is 1. The molecule has 0 aliphatic carbocycles. The van der Waals surface area contributed by atoms with Crippen LogP contribution in [0.25, 0.3) is 11.2 Å². The number of rotatable bonds is 7. The van der Waals surface area contributed by atoms with Gasteiger partial charge in [-0.15, -0.1) is 0 Å². The lowest BCUT2D eigenvalue weighted by Gasteiger charge is -2.17. The van der Waals surface area contributed by atoms with Gasteiger partial charge < -0.3 is 26.0 Å². The van der Waals surface area contributed by atoms with Gasteiger partial charge in [-0.1, -0.05) is 0 Å². The summed E-state index contributed by atoms with van der Waals surface area (Å²) >= 11 is 0. The fraction of sp³-hybridized carbons (Fsp3) is 0.200. The van der Waals surface area contributed by atoms with Gasteiger partial charge in [-0.25, -0.2) is 25.4 Å². The Morgan fingerprint density at radius 2 is 1.82 bits per heavy atom. The van der Waals surface area contributed by atoms with Gasteiger partial charge in [0.05, 0.1) is 18.0 Å². The van der Waals surface area contributed by atoms with E-state index >= 15 is 0 Å². The highest BCUT2D eigenvalue weighted by Crippen LogP contribution is 2.15. The van der Waals surface area contributed by atoms with E-state index in [9.17, 15) is 15.2 Å². The Morgan fingerprint density at radius 3 is 2.46 bits per heavy atom. The first-order valence-corrected chi connectivity index (χ1v) is 8.18. The lowest BCUT2D eigenvalue weighted by atomic mass is 10.1. The zero-order valence-corrected chi connectivity index (χ0v) is 14.5. The molecule has 0 radical (unpaired) electrons. The number of carbonyl (C=O) groups excluding carboxylic acids is 1. The molecule has 13 nitrogen and oxygen atoms in total. The molecule has 0 aliphatic rings. The number of hydrogen-bond donors (Lipinski definition) is 6. The van der Waals surface area contributed by atoms with Crippen molar-refractivity contribution in [1.82, 2.24) is 24.8 Å². The summed E-state index contributed by atoms with van der Waals surface area (Å²) in [6, 6.07) is 3.26. The second-order valence-corrected chi connectivity index (χ2v) is 5.89. The van der Waals surface area contributed by atoms with Crippen LogP contribution in [-0.4, -0.2) is 42.4 Å². The molecule has 7 N–H and O–H groups in total. The van der Waals surface area contributed by atoms with E-state index in [1.807, 2.05) is 0 Å². The van der Waals surface area contributed by atoms with Gasteiger partial charge in [0.1, 0.15) is 11.8 Å². The first-order chi connectivity index (χ1) is 13.4. The molecule has 3 rings (SSSR count). The van der Waals surface area contributed by atoms with Crippen molar-refractivity contribution in [2.24, 2.45) is 0 Å². The normalized spacial score (nSPS) is 13.4. The summed E-state index contributed by atoms with van der Waals surface area (Å²) in [5.41, 5.74) is 6.23. The Bertz CT molecular complexity index is 963. The average Bonchev–Trinajstić information content (AvgIpc) is 3.09. The van der Waals surface area contributed by atoms with Gasteiger partial charge in [-0.2, -0.15) is 10.5 Å². The number of carbonyl (C=O) groups is 1. The quantitative estimate of drug-likeness (QED) is 0.196. The molecular weight excluding hydrogens is 372 g/mol. The van der Waals surface area contributed by atoms with Crippen LogP contribution in [0.5, 0.6) is 0 Å². The number of amides is 1. The number of aryl methyl sites for hydroxylation is 1. The average molecular weight is 390 g/mol. The molecule has 0 saturated carbocycles. The molecule has 2 aromatic heterocycles. The fourth-order valence-corrected chi connectivity index (χ4v) is 2.62. The second kappa shape index (κ2) is 8.22. The fourth-order valence-electron chi connectivity index (χ4n) is 2.62. The number of nitrogen functional groups attached to an aromatic ring is 1.